The number of aromatic nitrogens is 4. The maximum atomic E-state index is 16.0. The van der Waals surface area contributed by atoms with E-state index >= 15 is 8.78 Å². The minimum atomic E-state index is -4.49. The molecule has 36 heavy (non-hydrogen) atoms. The zero-order chi connectivity index (χ0) is 26.0. The first kappa shape index (κ1) is 24.5. The standard InChI is InChI=1S/C23H19F7N4O2/c24-15-3-6-17(18(25)7-15)21(35,11-34-13-31-32-33-34)23(29,30)20-8-19(9-20,10-20)12-36-16-4-1-14(2-5-16)22(26,27)28/h1-7,13,35H,8-12H2. The summed E-state index contributed by atoms with van der Waals surface area (Å²) in [5.41, 5.74) is -7.05. The second-order valence-corrected chi connectivity index (χ2v) is 9.69. The van der Waals surface area contributed by atoms with E-state index in [-0.39, 0.29) is 31.6 Å². The molecule has 0 spiro atoms. The van der Waals surface area contributed by atoms with Crippen molar-refractivity contribution in [2.75, 3.05) is 6.61 Å². The largest absolute Gasteiger partial charge is 0.493 e. The van der Waals surface area contributed by atoms with E-state index in [1.807, 2.05) is 0 Å². The molecule has 2 bridgehead atoms. The molecule has 1 atom stereocenters. The lowest BCUT2D eigenvalue weighted by molar-refractivity contribution is -0.373. The van der Waals surface area contributed by atoms with Gasteiger partial charge in [0.25, 0.3) is 5.92 Å². The molecule has 3 fully saturated rings. The van der Waals surface area contributed by atoms with Crippen LogP contribution in [0.3, 0.4) is 0 Å². The molecule has 13 heteroatoms. The summed E-state index contributed by atoms with van der Waals surface area (Å²) in [6.45, 7) is -0.890. The van der Waals surface area contributed by atoms with Crippen molar-refractivity contribution >= 4 is 0 Å². The number of hydrogen-bond acceptors (Lipinski definition) is 5. The second-order valence-electron chi connectivity index (χ2n) is 9.69. The molecule has 1 N–H and O–H groups in total. The first-order chi connectivity index (χ1) is 16.8. The first-order valence-electron chi connectivity index (χ1n) is 10.9. The van der Waals surface area contributed by atoms with Crippen LogP contribution >= 0.6 is 0 Å². The van der Waals surface area contributed by atoms with Gasteiger partial charge in [0.2, 0.25) is 0 Å². The number of rotatable bonds is 8. The Morgan fingerprint density at radius 3 is 2.19 bits per heavy atom. The van der Waals surface area contributed by atoms with Crippen molar-refractivity contribution in [3.05, 3.63) is 71.6 Å². The predicted molar refractivity (Wildman–Crippen MR) is 109 cm³/mol. The van der Waals surface area contributed by atoms with Gasteiger partial charge in [-0.3, -0.25) is 0 Å². The van der Waals surface area contributed by atoms with Gasteiger partial charge in [0.1, 0.15) is 23.7 Å². The Kier molecular flexibility index (Phi) is 5.36. The number of nitrogens with zero attached hydrogens (tertiary/aromatic N) is 4. The summed E-state index contributed by atoms with van der Waals surface area (Å²) in [5, 5.41) is 21.5. The van der Waals surface area contributed by atoms with Crippen LogP contribution in [0.25, 0.3) is 0 Å². The van der Waals surface area contributed by atoms with Crippen LogP contribution in [0.5, 0.6) is 5.75 Å². The molecule has 6 nitrogen and oxygen atoms in total. The molecule has 3 saturated carbocycles. The Balaban J connectivity index is 1.34. The Bertz CT molecular complexity index is 1240. The molecule has 0 amide bonds. The van der Waals surface area contributed by atoms with Gasteiger partial charge in [-0.05, 0) is 66.1 Å². The Labute approximate surface area is 199 Å². The van der Waals surface area contributed by atoms with E-state index < -0.39 is 57.8 Å². The van der Waals surface area contributed by atoms with E-state index in [9.17, 15) is 27.1 Å². The summed E-state index contributed by atoms with van der Waals surface area (Å²) >= 11 is 0. The van der Waals surface area contributed by atoms with E-state index in [0.717, 1.165) is 47.4 Å². The van der Waals surface area contributed by atoms with Crippen molar-refractivity contribution in [3.63, 3.8) is 0 Å². The third-order valence-electron chi connectivity index (χ3n) is 7.21. The van der Waals surface area contributed by atoms with Gasteiger partial charge in [-0.25, -0.2) is 22.2 Å². The zero-order valence-electron chi connectivity index (χ0n) is 18.4. The number of alkyl halides is 5. The number of halogens is 7. The molecule has 0 aliphatic heterocycles. The molecule has 192 valence electrons. The van der Waals surface area contributed by atoms with Crippen LogP contribution in [0.1, 0.15) is 30.4 Å². The van der Waals surface area contributed by atoms with Gasteiger partial charge < -0.3 is 9.84 Å². The van der Waals surface area contributed by atoms with Gasteiger partial charge >= 0.3 is 6.18 Å². The topological polar surface area (TPSA) is 73.1 Å². The summed E-state index contributed by atoms with van der Waals surface area (Å²) in [6, 6.07) is 6.00. The quantitative estimate of drug-likeness (QED) is 0.438. The number of hydrogen-bond donors (Lipinski definition) is 1. The van der Waals surface area contributed by atoms with Crippen LogP contribution in [-0.4, -0.2) is 37.8 Å². The van der Waals surface area contributed by atoms with Crippen LogP contribution < -0.4 is 4.74 Å². The van der Waals surface area contributed by atoms with Crippen molar-refractivity contribution in [3.8, 4) is 5.75 Å². The monoisotopic (exact) mass is 516 g/mol. The molecule has 3 aliphatic carbocycles. The highest BCUT2D eigenvalue weighted by molar-refractivity contribution is 5.34. The predicted octanol–water partition coefficient (Wildman–Crippen LogP) is 4.74. The minimum Gasteiger partial charge on any atom is -0.493 e. The molecule has 3 aliphatic rings. The Hall–Kier alpha value is -3.22. The number of tetrazole rings is 1. The van der Waals surface area contributed by atoms with Crippen LogP contribution in [0.2, 0.25) is 0 Å². The lowest BCUT2D eigenvalue weighted by Gasteiger charge is -2.73. The van der Waals surface area contributed by atoms with E-state index in [1.54, 1.807) is 0 Å². The molecule has 1 unspecified atom stereocenters. The van der Waals surface area contributed by atoms with Crippen molar-refractivity contribution in [1.29, 1.82) is 0 Å². The first-order valence-corrected chi connectivity index (χ1v) is 10.9. The summed E-state index contributed by atoms with van der Waals surface area (Å²) < 4.78 is 105. The smallest absolute Gasteiger partial charge is 0.416 e. The zero-order valence-corrected chi connectivity index (χ0v) is 18.4. The van der Waals surface area contributed by atoms with Gasteiger partial charge in [-0.2, -0.15) is 13.2 Å². The van der Waals surface area contributed by atoms with Crippen LogP contribution in [0, 0.1) is 22.5 Å². The van der Waals surface area contributed by atoms with Crippen LogP contribution in [0.15, 0.2) is 48.8 Å². The highest BCUT2D eigenvalue weighted by Gasteiger charge is 2.82. The minimum absolute atomic E-state index is 0.00741. The van der Waals surface area contributed by atoms with E-state index in [4.69, 9.17) is 4.74 Å². The number of ether oxygens (including phenoxy) is 1. The van der Waals surface area contributed by atoms with Gasteiger partial charge in [-0.1, -0.05) is 0 Å². The maximum Gasteiger partial charge on any atom is 0.416 e. The molecular weight excluding hydrogens is 497 g/mol. The SMILES string of the molecule is OC(Cn1cnnn1)(c1ccc(F)cc1F)C(F)(F)C12CC(COc3ccc(C(F)(F)F)cc3)(C1)C2. The fraction of sp³-hybridized carbons (Fsp3) is 0.435. The lowest BCUT2D eigenvalue weighted by atomic mass is 9.32. The second kappa shape index (κ2) is 7.89. The summed E-state index contributed by atoms with van der Waals surface area (Å²) in [7, 11) is 0. The van der Waals surface area contributed by atoms with Crippen LogP contribution in [0.4, 0.5) is 30.7 Å². The lowest BCUT2D eigenvalue weighted by Crippen LogP contribution is -2.75. The van der Waals surface area contributed by atoms with Crippen LogP contribution in [-0.2, 0) is 18.3 Å². The molecule has 6 rings (SSSR count). The van der Waals surface area contributed by atoms with E-state index in [1.165, 1.54) is 0 Å². The molecule has 1 aromatic heterocycles. The third kappa shape index (κ3) is 3.71. The van der Waals surface area contributed by atoms with E-state index in [2.05, 4.69) is 15.5 Å². The molecular formula is C23H19F7N4O2. The van der Waals surface area contributed by atoms with Gasteiger partial charge in [0.05, 0.1) is 18.7 Å². The average Bonchev–Trinajstić information content (AvgIpc) is 3.24. The summed E-state index contributed by atoms with van der Waals surface area (Å²) in [5.74, 6) is -6.04. The number of aliphatic hydroxyl groups is 1. The maximum absolute atomic E-state index is 16.0. The van der Waals surface area contributed by atoms with Crippen molar-refractivity contribution < 1.29 is 40.6 Å². The number of benzene rings is 2. The molecule has 3 aromatic rings. The van der Waals surface area contributed by atoms with Gasteiger partial charge in [0, 0.05) is 22.5 Å². The van der Waals surface area contributed by atoms with Crippen molar-refractivity contribution in [2.45, 2.75) is 43.5 Å². The van der Waals surface area contributed by atoms with Crippen molar-refractivity contribution in [2.24, 2.45) is 10.8 Å². The Morgan fingerprint density at radius 1 is 0.972 bits per heavy atom. The summed E-state index contributed by atoms with van der Waals surface area (Å²) in [4.78, 5) is 0. The molecule has 0 radical (unpaired) electrons. The molecule has 0 saturated heterocycles. The fourth-order valence-corrected chi connectivity index (χ4v) is 5.57. The fourth-order valence-electron chi connectivity index (χ4n) is 5.57. The Morgan fingerprint density at radius 2 is 1.64 bits per heavy atom. The molecule has 1 heterocycles. The normalized spacial score (nSPS) is 25.0. The van der Waals surface area contributed by atoms with E-state index in [0.29, 0.717) is 6.07 Å². The van der Waals surface area contributed by atoms with Gasteiger partial charge in [0.15, 0.2) is 5.60 Å². The van der Waals surface area contributed by atoms with Crippen molar-refractivity contribution in [1.82, 2.24) is 20.2 Å². The van der Waals surface area contributed by atoms with Gasteiger partial charge in [-0.15, -0.1) is 5.10 Å². The third-order valence-corrected chi connectivity index (χ3v) is 7.21. The highest BCUT2D eigenvalue weighted by atomic mass is 19.4. The molecule has 2 aromatic carbocycles. The summed E-state index contributed by atoms with van der Waals surface area (Å²) in [6.07, 6.45) is -3.69. The average molecular weight is 516 g/mol. The highest BCUT2D eigenvalue weighted by Crippen LogP contribution is 2.80.